The molecule has 2 amide bonds. The van der Waals surface area contributed by atoms with Gasteiger partial charge in [0.2, 0.25) is 11.8 Å². The number of hydrogen-bond acceptors (Lipinski definition) is 5. The number of thioether (sulfide) groups is 1. The molecule has 2 rings (SSSR count). The highest BCUT2D eigenvalue weighted by molar-refractivity contribution is 7.99. The van der Waals surface area contributed by atoms with Crippen LogP contribution in [-0.4, -0.2) is 98.1 Å². The van der Waals surface area contributed by atoms with E-state index in [1.165, 1.54) is 0 Å². The van der Waals surface area contributed by atoms with Gasteiger partial charge < -0.3 is 14.5 Å². The highest BCUT2D eigenvalue weighted by Crippen LogP contribution is 2.20. The van der Waals surface area contributed by atoms with Crippen molar-refractivity contribution < 1.29 is 14.3 Å². The Balaban J connectivity index is 1.66. The molecule has 0 aromatic rings. The number of piperazine rings is 1. The molecule has 7 heteroatoms. The van der Waals surface area contributed by atoms with E-state index < -0.39 is 0 Å². The molecule has 2 heterocycles. The van der Waals surface area contributed by atoms with Gasteiger partial charge in [0.25, 0.3) is 0 Å². The van der Waals surface area contributed by atoms with Crippen LogP contribution in [0.2, 0.25) is 0 Å². The van der Waals surface area contributed by atoms with Crippen molar-refractivity contribution in [1.29, 1.82) is 0 Å². The van der Waals surface area contributed by atoms with Crippen molar-refractivity contribution in [2.45, 2.75) is 12.8 Å². The first kappa shape index (κ1) is 18.5. The molecular formula is C16H29N3O3S. The summed E-state index contributed by atoms with van der Waals surface area (Å²) in [5, 5.41) is 0. The number of likely N-dealkylation sites (tertiary alicyclic amines) is 1. The van der Waals surface area contributed by atoms with Gasteiger partial charge >= 0.3 is 0 Å². The van der Waals surface area contributed by atoms with E-state index in [9.17, 15) is 9.59 Å². The van der Waals surface area contributed by atoms with Gasteiger partial charge in [-0.15, -0.1) is 0 Å². The van der Waals surface area contributed by atoms with Crippen LogP contribution in [0.3, 0.4) is 0 Å². The summed E-state index contributed by atoms with van der Waals surface area (Å²) < 4.78 is 4.91. The predicted molar refractivity (Wildman–Crippen MR) is 92.6 cm³/mol. The normalized spacial score (nSPS) is 20.8. The molecule has 2 aliphatic heterocycles. The molecule has 0 N–H and O–H groups in total. The average molecular weight is 343 g/mol. The maximum atomic E-state index is 11.9. The second-order valence-corrected chi connectivity index (χ2v) is 7.24. The molecule has 0 aromatic heterocycles. The minimum absolute atomic E-state index is 0.0905. The second-order valence-electron chi connectivity index (χ2n) is 6.37. The zero-order valence-corrected chi connectivity index (χ0v) is 15.1. The summed E-state index contributed by atoms with van der Waals surface area (Å²) in [6.45, 7) is 6.56. The molecule has 0 atom stereocenters. The Bertz CT molecular complexity index is 356. The number of ether oxygens (including phenoxy) is 1. The molecule has 0 spiro atoms. The molecule has 2 saturated heterocycles. The fourth-order valence-electron chi connectivity index (χ4n) is 3.34. The summed E-state index contributed by atoms with van der Waals surface area (Å²) in [7, 11) is 1.56. The molecule has 6 nitrogen and oxygen atoms in total. The van der Waals surface area contributed by atoms with Gasteiger partial charge in [0, 0.05) is 52.9 Å². The van der Waals surface area contributed by atoms with E-state index in [1.54, 1.807) is 18.9 Å². The Morgan fingerprint density at radius 2 is 1.61 bits per heavy atom. The van der Waals surface area contributed by atoms with Crippen LogP contribution < -0.4 is 0 Å². The van der Waals surface area contributed by atoms with Gasteiger partial charge in [-0.1, -0.05) is 0 Å². The molecular weight excluding hydrogens is 314 g/mol. The van der Waals surface area contributed by atoms with Crippen LogP contribution in [0.5, 0.6) is 0 Å². The smallest absolute Gasteiger partial charge is 0.248 e. The average Bonchev–Trinajstić information content (AvgIpc) is 2.56. The van der Waals surface area contributed by atoms with Crippen molar-refractivity contribution in [3.63, 3.8) is 0 Å². The van der Waals surface area contributed by atoms with Gasteiger partial charge in [-0.2, -0.15) is 11.8 Å². The second kappa shape index (κ2) is 9.49. The minimum Gasteiger partial charge on any atom is -0.375 e. The SMILES string of the molecule is COCC(=O)N1CCN(CC2CCN(C(=O)CSC)CC2)CC1. The largest absolute Gasteiger partial charge is 0.375 e. The summed E-state index contributed by atoms with van der Waals surface area (Å²) in [6.07, 6.45) is 4.17. The summed E-state index contributed by atoms with van der Waals surface area (Å²) >= 11 is 1.60. The van der Waals surface area contributed by atoms with E-state index in [2.05, 4.69) is 4.90 Å². The Morgan fingerprint density at radius 3 is 2.17 bits per heavy atom. The molecule has 2 fully saturated rings. The molecule has 0 aromatic carbocycles. The van der Waals surface area contributed by atoms with Gasteiger partial charge in [-0.05, 0) is 25.0 Å². The fourth-order valence-corrected chi connectivity index (χ4v) is 3.77. The summed E-state index contributed by atoms with van der Waals surface area (Å²) in [6, 6.07) is 0. The summed E-state index contributed by atoms with van der Waals surface area (Å²) in [5.74, 6) is 1.64. The first-order valence-corrected chi connectivity index (χ1v) is 9.79. The predicted octanol–water partition coefficient (Wildman–Crippen LogP) is 0.379. The molecule has 0 bridgehead atoms. The van der Waals surface area contributed by atoms with E-state index in [-0.39, 0.29) is 18.4 Å². The Hall–Kier alpha value is -0.790. The monoisotopic (exact) mass is 343 g/mol. The Morgan fingerprint density at radius 1 is 1.00 bits per heavy atom. The van der Waals surface area contributed by atoms with Crippen LogP contribution in [0.15, 0.2) is 0 Å². The fraction of sp³-hybridized carbons (Fsp3) is 0.875. The Labute approximate surface area is 143 Å². The van der Waals surface area contributed by atoms with E-state index in [1.807, 2.05) is 16.1 Å². The standard InChI is InChI=1S/C16H29N3O3S/c1-22-12-15(20)19-9-7-17(8-10-19)11-14-3-5-18(6-4-14)16(21)13-23-2/h14H,3-13H2,1-2H3. The van der Waals surface area contributed by atoms with Gasteiger partial charge in [-0.3, -0.25) is 14.5 Å². The van der Waals surface area contributed by atoms with Crippen LogP contribution in [0.4, 0.5) is 0 Å². The number of hydrogen-bond donors (Lipinski definition) is 0. The number of rotatable bonds is 6. The number of amides is 2. The van der Waals surface area contributed by atoms with Crippen molar-refractivity contribution in [2.24, 2.45) is 5.92 Å². The molecule has 0 radical (unpaired) electrons. The van der Waals surface area contributed by atoms with Crippen molar-refractivity contribution >= 4 is 23.6 Å². The van der Waals surface area contributed by atoms with Crippen molar-refractivity contribution in [1.82, 2.24) is 14.7 Å². The number of piperidine rings is 1. The minimum atomic E-state index is 0.0905. The molecule has 0 saturated carbocycles. The maximum absolute atomic E-state index is 11.9. The lowest BCUT2D eigenvalue weighted by atomic mass is 9.96. The third-order valence-electron chi connectivity index (χ3n) is 4.74. The molecule has 0 aliphatic carbocycles. The first-order valence-electron chi connectivity index (χ1n) is 8.39. The lowest BCUT2D eigenvalue weighted by Gasteiger charge is -2.38. The number of nitrogens with zero attached hydrogens (tertiary/aromatic N) is 3. The van der Waals surface area contributed by atoms with Crippen molar-refractivity contribution in [3.05, 3.63) is 0 Å². The van der Waals surface area contributed by atoms with E-state index in [0.29, 0.717) is 11.7 Å². The van der Waals surface area contributed by atoms with Gasteiger partial charge in [0.1, 0.15) is 6.61 Å². The highest BCUT2D eigenvalue weighted by Gasteiger charge is 2.26. The number of methoxy groups -OCH3 is 1. The maximum Gasteiger partial charge on any atom is 0.248 e. The van der Waals surface area contributed by atoms with Gasteiger partial charge in [0.05, 0.1) is 5.75 Å². The summed E-state index contributed by atoms with van der Waals surface area (Å²) in [4.78, 5) is 30.0. The third kappa shape index (κ3) is 5.65. The van der Waals surface area contributed by atoms with Crippen molar-refractivity contribution in [2.75, 3.05) is 71.5 Å². The molecule has 2 aliphatic rings. The molecule has 0 unspecified atom stereocenters. The first-order chi connectivity index (χ1) is 11.1. The topological polar surface area (TPSA) is 53.1 Å². The zero-order valence-electron chi connectivity index (χ0n) is 14.3. The molecule has 132 valence electrons. The third-order valence-corrected chi connectivity index (χ3v) is 5.28. The van der Waals surface area contributed by atoms with Crippen LogP contribution in [0.25, 0.3) is 0 Å². The lowest BCUT2D eigenvalue weighted by molar-refractivity contribution is -0.137. The number of carbonyl (C=O) groups excluding carboxylic acids is 2. The van der Waals surface area contributed by atoms with E-state index in [0.717, 1.165) is 58.7 Å². The van der Waals surface area contributed by atoms with Crippen molar-refractivity contribution in [3.8, 4) is 0 Å². The van der Waals surface area contributed by atoms with E-state index >= 15 is 0 Å². The van der Waals surface area contributed by atoms with Crippen LogP contribution >= 0.6 is 11.8 Å². The Kier molecular flexibility index (Phi) is 7.65. The number of carbonyl (C=O) groups is 2. The van der Waals surface area contributed by atoms with Crippen LogP contribution in [-0.2, 0) is 14.3 Å². The highest BCUT2D eigenvalue weighted by atomic mass is 32.2. The van der Waals surface area contributed by atoms with Crippen LogP contribution in [0, 0.1) is 5.92 Å². The van der Waals surface area contributed by atoms with Crippen LogP contribution in [0.1, 0.15) is 12.8 Å². The van der Waals surface area contributed by atoms with E-state index in [4.69, 9.17) is 4.74 Å². The lowest BCUT2D eigenvalue weighted by Crippen LogP contribution is -2.51. The summed E-state index contributed by atoms with van der Waals surface area (Å²) in [5.41, 5.74) is 0. The van der Waals surface area contributed by atoms with Gasteiger partial charge in [-0.25, -0.2) is 0 Å². The van der Waals surface area contributed by atoms with Gasteiger partial charge in [0.15, 0.2) is 0 Å². The molecule has 23 heavy (non-hydrogen) atoms. The quantitative estimate of drug-likeness (QED) is 0.698. The zero-order chi connectivity index (χ0) is 16.7.